The number of aromatic nitrogens is 2. The molecule has 134 valence electrons. The first-order valence-electron chi connectivity index (χ1n) is 8.63. The van der Waals surface area contributed by atoms with Gasteiger partial charge in [0.2, 0.25) is 0 Å². The molecule has 0 atom stereocenters. The van der Waals surface area contributed by atoms with E-state index < -0.39 is 0 Å². The summed E-state index contributed by atoms with van der Waals surface area (Å²) in [6, 6.07) is 15.9. The lowest BCUT2D eigenvalue weighted by Gasteiger charge is -2.12. The number of aryl methyl sites for hydroxylation is 2. The first-order chi connectivity index (χ1) is 12.6. The second-order valence-corrected chi connectivity index (χ2v) is 6.31. The second kappa shape index (κ2) is 8.34. The molecule has 5 heteroatoms. The van der Waals surface area contributed by atoms with E-state index in [1.807, 2.05) is 67.2 Å². The van der Waals surface area contributed by atoms with E-state index in [0.717, 1.165) is 28.0 Å². The Hall–Kier alpha value is -3.08. The van der Waals surface area contributed by atoms with Gasteiger partial charge in [0.1, 0.15) is 5.75 Å². The topological polar surface area (TPSA) is 56.1 Å². The summed E-state index contributed by atoms with van der Waals surface area (Å²) in [6.07, 6.45) is 3.68. The summed E-state index contributed by atoms with van der Waals surface area (Å²) >= 11 is 0. The van der Waals surface area contributed by atoms with Gasteiger partial charge in [-0.2, -0.15) is 5.10 Å². The van der Waals surface area contributed by atoms with Gasteiger partial charge in [0, 0.05) is 18.9 Å². The molecule has 3 aromatic rings. The highest BCUT2D eigenvalue weighted by molar-refractivity contribution is 5.77. The maximum atomic E-state index is 12.2. The molecule has 0 aliphatic rings. The quantitative estimate of drug-likeness (QED) is 0.712. The van der Waals surface area contributed by atoms with Gasteiger partial charge in [-0.3, -0.25) is 9.48 Å². The Labute approximate surface area is 153 Å². The summed E-state index contributed by atoms with van der Waals surface area (Å²) in [6.45, 7) is 5.12. The van der Waals surface area contributed by atoms with E-state index >= 15 is 0 Å². The number of nitrogens with one attached hydrogen (secondary N) is 1. The molecule has 0 aliphatic heterocycles. The van der Waals surface area contributed by atoms with E-state index in [2.05, 4.69) is 16.5 Å². The third-order valence-corrected chi connectivity index (χ3v) is 4.19. The number of rotatable bonds is 7. The van der Waals surface area contributed by atoms with Crippen LogP contribution in [-0.2, 0) is 17.9 Å². The van der Waals surface area contributed by atoms with Crippen LogP contribution < -0.4 is 10.1 Å². The van der Waals surface area contributed by atoms with Crippen LogP contribution in [0.25, 0.3) is 0 Å². The molecule has 2 aromatic carbocycles. The van der Waals surface area contributed by atoms with Crippen LogP contribution in [0, 0.1) is 13.8 Å². The maximum absolute atomic E-state index is 12.2. The largest absolute Gasteiger partial charge is 0.483 e. The Morgan fingerprint density at radius 2 is 1.92 bits per heavy atom. The van der Waals surface area contributed by atoms with E-state index in [0.29, 0.717) is 13.1 Å². The number of carbonyl (C=O) groups is 1. The number of ether oxygens (including phenoxy) is 1. The summed E-state index contributed by atoms with van der Waals surface area (Å²) in [5.74, 6) is 0.610. The van der Waals surface area contributed by atoms with Gasteiger partial charge in [-0.15, -0.1) is 0 Å². The fourth-order valence-electron chi connectivity index (χ4n) is 2.70. The minimum absolute atomic E-state index is 0.00557. The lowest BCUT2D eigenvalue weighted by molar-refractivity contribution is -0.123. The molecule has 1 heterocycles. The molecule has 0 radical (unpaired) electrons. The summed E-state index contributed by atoms with van der Waals surface area (Å²) in [5.41, 5.74) is 4.33. The molecule has 3 rings (SSSR count). The van der Waals surface area contributed by atoms with Gasteiger partial charge in [0.15, 0.2) is 6.61 Å². The molecule has 1 amide bonds. The summed E-state index contributed by atoms with van der Waals surface area (Å²) in [5, 5.41) is 7.17. The number of benzene rings is 2. The first-order valence-corrected chi connectivity index (χ1v) is 8.63. The normalized spacial score (nSPS) is 10.5. The van der Waals surface area contributed by atoms with Gasteiger partial charge in [-0.05, 0) is 48.2 Å². The highest BCUT2D eigenvalue weighted by atomic mass is 16.5. The number of amides is 1. The molecular weight excluding hydrogens is 326 g/mol. The van der Waals surface area contributed by atoms with Gasteiger partial charge >= 0.3 is 0 Å². The van der Waals surface area contributed by atoms with E-state index in [9.17, 15) is 4.79 Å². The summed E-state index contributed by atoms with van der Waals surface area (Å²) in [7, 11) is 0. The first kappa shape index (κ1) is 17.7. The molecule has 1 N–H and O–H groups in total. The minimum atomic E-state index is -0.139. The predicted molar refractivity (Wildman–Crippen MR) is 101 cm³/mol. The number of nitrogens with zero attached hydrogens (tertiary/aromatic N) is 2. The van der Waals surface area contributed by atoms with Crippen molar-refractivity contribution in [1.29, 1.82) is 0 Å². The standard InChI is InChI=1S/C21H23N3O2/c1-16-8-9-17(2)20(12-16)26-15-21(25)22-13-18-6-3-4-7-19(18)14-24-11-5-10-23-24/h3-12H,13-15H2,1-2H3,(H,22,25). The molecular formula is C21H23N3O2. The number of carbonyl (C=O) groups excluding carboxylic acids is 1. The molecule has 5 nitrogen and oxygen atoms in total. The van der Waals surface area contributed by atoms with Crippen LogP contribution in [0.1, 0.15) is 22.3 Å². The van der Waals surface area contributed by atoms with Crippen LogP contribution in [0.15, 0.2) is 60.9 Å². The minimum Gasteiger partial charge on any atom is -0.483 e. The fraction of sp³-hybridized carbons (Fsp3) is 0.238. The smallest absolute Gasteiger partial charge is 0.258 e. The monoisotopic (exact) mass is 349 g/mol. The molecule has 0 saturated heterocycles. The zero-order chi connectivity index (χ0) is 18.4. The highest BCUT2D eigenvalue weighted by Crippen LogP contribution is 2.18. The van der Waals surface area contributed by atoms with Crippen molar-refractivity contribution < 1.29 is 9.53 Å². The van der Waals surface area contributed by atoms with Crippen molar-refractivity contribution in [3.05, 3.63) is 83.2 Å². The third-order valence-electron chi connectivity index (χ3n) is 4.19. The molecule has 0 aliphatic carbocycles. The fourth-order valence-corrected chi connectivity index (χ4v) is 2.70. The number of hydrogen-bond acceptors (Lipinski definition) is 3. The predicted octanol–water partition coefficient (Wildman–Crippen LogP) is 3.24. The van der Waals surface area contributed by atoms with Crippen molar-refractivity contribution in [1.82, 2.24) is 15.1 Å². The Balaban J connectivity index is 1.55. The van der Waals surface area contributed by atoms with Gasteiger partial charge in [-0.1, -0.05) is 36.4 Å². The van der Waals surface area contributed by atoms with Gasteiger partial charge in [0.25, 0.3) is 5.91 Å². The molecule has 0 unspecified atom stereocenters. The molecule has 0 fully saturated rings. The van der Waals surface area contributed by atoms with Crippen molar-refractivity contribution in [3.63, 3.8) is 0 Å². The van der Waals surface area contributed by atoms with Crippen molar-refractivity contribution >= 4 is 5.91 Å². The average Bonchev–Trinajstić information content (AvgIpc) is 3.15. The SMILES string of the molecule is Cc1ccc(C)c(OCC(=O)NCc2ccccc2Cn2cccn2)c1. The average molecular weight is 349 g/mol. The van der Waals surface area contributed by atoms with E-state index in [4.69, 9.17) is 4.74 Å². The molecule has 0 spiro atoms. The summed E-state index contributed by atoms with van der Waals surface area (Å²) in [4.78, 5) is 12.2. The molecule has 0 saturated carbocycles. The summed E-state index contributed by atoms with van der Waals surface area (Å²) < 4.78 is 7.52. The Morgan fingerprint density at radius 3 is 2.69 bits per heavy atom. The van der Waals surface area contributed by atoms with Gasteiger partial charge in [0.05, 0.1) is 6.54 Å². The lowest BCUT2D eigenvalue weighted by Crippen LogP contribution is -2.29. The Morgan fingerprint density at radius 1 is 1.12 bits per heavy atom. The molecule has 26 heavy (non-hydrogen) atoms. The van der Waals surface area contributed by atoms with Gasteiger partial charge in [-0.25, -0.2) is 0 Å². The van der Waals surface area contributed by atoms with Crippen LogP contribution in [0.4, 0.5) is 0 Å². The maximum Gasteiger partial charge on any atom is 0.258 e. The van der Waals surface area contributed by atoms with Crippen molar-refractivity contribution in [2.45, 2.75) is 26.9 Å². The number of hydrogen-bond donors (Lipinski definition) is 1. The molecule has 1 aromatic heterocycles. The highest BCUT2D eigenvalue weighted by Gasteiger charge is 2.08. The zero-order valence-corrected chi connectivity index (χ0v) is 15.1. The van der Waals surface area contributed by atoms with E-state index in [1.165, 1.54) is 0 Å². The van der Waals surface area contributed by atoms with Crippen LogP contribution >= 0.6 is 0 Å². The lowest BCUT2D eigenvalue weighted by atomic mass is 10.1. The van der Waals surface area contributed by atoms with Crippen LogP contribution in [0.2, 0.25) is 0 Å². The van der Waals surface area contributed by atoms with Crippen LogP contribution in [0.3, 0.4) is 0 Å². The second-order valence-electron chi connectivity index (χ2n) is 6.31. The van der Waals surface area contributed by atoms with Crippen LogP contribution in [0.5, 0.6) is 5.75 Å². The van der Waals surface area contributed by atoms with Crippen LogP contribution in [-0.4, -0.2) is 22.3 Å². The van der Waals surface area contributed by atoms with Crippen molar-refractivity contribution in [2.75, 3.05) is 6.61 Å². The molecule has 0 bridgehead atoms. The van der Waals surface area contributed by atoms with Crippen molar-refractivity contribution in [2.24, 2.45) is 0 Å². The Bertz CT molecular complexity index is 873. The van der Waals surface area contributed by atoms with E-state index in [1.54, 1.807) is 6.20 Å². The third kappa shape index (κ3) is 4.72. The Kier molecular flexibility index (Phi) is 5.69. The van der Waals surface area contributed by atoms with Crippen molar-refractivity contribution in [3.8, 4) is 5.75 Å². The van der Waals surface area contributed by atoms with Gasteiger partial charge < -0.3 is 10.1 Å². The zero-order valence-electron chi connectivity index (χ0n) is 15.1. The van der Waals surface area contributed by atoms with E-state index in [-0.39, 0.29) is 12.5 Å².